The Morgan fingerprint density at radius 2 is 1.77 bits per heavy atom. The first-order valence-corrected chi connectivity index (χ1v) is 10.1. The molecule has 0 unspecified atom stereocenters. The average Bonchev–Trinajstić information content (AvgIpc) is 3.11. The van der Waals surface area contributed by atoms with E-state index in [1.807, 2.05) is 6.92 Å². The summed E-state index contributed by atoms with van der Waals surface area (Å²) >= 11 is 0. The Bertz CT molecular complexity index is 909. The zero-order chi connectivity index (χ0) is 21.5. The highest BCUT2D eigenvalue weighted by Crippen LogP contribution is 2.38. The van der Waals surface area contributed by atoms with Gasteiger partial charge in [0.1, 0.15) is 18.7 Å². The largest absolute Gasteiger partial charge is 0.462 e. The van der Waals surface area contributed by atoms with E-state index in [2.05, 4.69) is 5.32 Å². The van der Waals surface area contributed by atoms with E-state index in [0.29, 0.717) is 17.5 Å². The van der Waals surface area contributed by atoms with E-state index < -0.39 is 41.8 Å². The number of carbonyl (C=O) groups is 5. The molecule has 9 nitrogen and oxygen atoms in total. The van der Waals surface area contributed by atoms with Gasteiger partial charge in [-0.3, -0.25) is 29.0 Å². The zero-order valence-electron chi connectivity index (χ0n) is 16.7. The summed E-state index contributed by atoms with van der Waals surface area (Å²) in [5.74, 6) is -2.03. The Morgan fingerprint density at radius 1 is 1.10 bits per heavy atom. The number of ether oxygens (including phenoxy) is 1. The molecular formula is C21H23N3O6. The van der Waals surface area contributed by atoms with Gasteiger partial charge < -0.3 is 10.1 Å². The number of urea groups is 1. The number of amides is 5. The summed E-state index contributed by atoms with van der Waals surface area (Å²) in [5, 5.41) is 2.78. The van der Waals surface area contributed by atoms with E-state index in [9.17, 15) is 24.0 Å². The third kappa shape index (κ3) is 3.14. The van der Waals surface area contributed by atoms with Crippen molar-refractivity contribution in [3.05, 3.63) is 35.4 Å². The van der Waals surface area contributed by atoms with Gasteiger partial charge in [0, 0.05) is 0 Å². The normalized spacial score (nSPS) is 25.7. The summed E-state index contributed by atoms with van der Waals surface area (Å²) < 4.78 is 5.10. The van der Waals surface area contributed by atoms with Crippen LogP contribution in [-0.4, -0.2) is 64.8 Å². The van der Waals surface area contributed by atoms with E-state index in [4.69, 9.17) is 4.74 Å². The van der Waals surface area contributed by atoms with E-state index in [-0.39, 0.29) is 19.1 Å². The molecule has 1 aromatic rings. The van der Waals surface area contributed by atoms with Crippen LogP contribution in [0.5, 0.6) is 0 Å². The second-order valence-electron chi connectivity index (χ2n) is 7.97. The van der Waals surface area contributed by atoms with Gasteiger partial charge in [0.15, 0.2) is 0 Å². The lowest BCUT2D eigenvalue weighted by atomic mass is 9.73. The molecule has 4 rings (SSSR count). The molecule has 0 radical (unpaired) electrons. The Hall–Kier alpha value is -3.23. The fourth-order valence-electron chi connectivity index (χ4n) is 4.51. The fraction of sp³-hybridized carbons (Fsp3) is 0.476. The Morgan fingerprint density at radius 3 is 2.40 bits per heavy atom. The van der Waals surface area contributed by atoms with Crippen molar-refractivity contribution in [2.75, 3.05) is 19.7 Å². The summed E-state index contributed by atoms with van der Waals surface area (Å²) in [7, 11) is 0. The molecule has 3 aliphatic rings. The predicted octanol–water partition coefficient (Wildman–Crippen LogP) is 1.33. The van der Waals surface area contributed by atoms with Crippen molar-refractivity contribution in [2.24, 2.45) is 5.92 Å². The number of imide groups is 2. The van der Waals surface area contributed by atoms with Gasteiger partial charge in [-0.25, -0.2) is 4.79 Å². The Labute approximate surface area is 173 Å². The third-order valence-corrected chi connectivity index (χ3v) is 6.24. The molecular weight excluding hydrogens is 390 g/mol. The van der Waals surface area contributed by atoms with Gasteiger partial charge in [-0.05, 0) is 30.9 Å². The van der Waals surface area contributed by atoms with Crippen molar-refractivity contribution in [2.45, 2.75) is 38.1 Å². The van der Waals surface area contributed by atoms with Crippen molar-refractivity contribution < 1.29 is 28.7 Å². The molecule has 1 aromatic carbocycles. The number of esters is 1. The molecule has 2 aliphatic heterocycles. The lowest BCUT2D eigenvalue weighted by molar-refractivity contribution is -0.148. The molecule has 1 aliphatic carbocycles. The lowest BCUT2D eigenvalue weighted by Gasteiger charge is -2.36. The van der Waals surface area contributed by atoms with E-state index in [1.165, 1.54) is 0 Å². The number of hydrogen-bond donors (Lipinski definition) is 1. The van der Waals surface area contributed by atoms with Crippen LogP contribution in [0.25, 0.3) is 0 Å². The summed E-state index contributed by atoms with van der Waals surface area (Å²) in [4.78, 5) is 63.9. The SMILES string of the molecule is C[C@@H]1CCCC[C@]12NC(=O)N(CC(=O)OCCN1C(=O)c3ccccc3C1=O)C2=O. The Kier molecular flexibility index (Phi) is 5.05. The van der Waals surface area contributed by atoms with Crippen LogP contribution in [0.4, 0.5) is 4.79 Å². The third-order valence-electron chi connectivity index (χ3n) is 6.24. The van der Waals surface area contributed by atoms with Crippen LogP contribution in [0.1, 0.15) is 53.3 Å². The summed E-state index contributed by atoms with van der Waals surface area (Å²) in [6, 6.07) is 5.89. The van der Waals surface area contributed by atoms with Crippen LogP contribution in [0.3, 0.4) is 0 Å². The maximum absolute atomic E-state index is 12.9. The van der Waals surface area contributed by atoms with Crippen molar-refractivity contribution in [3.8, 4) is 0 Å². The minimum Gasteiger partial charge on any atom is -0.462 e. The van der Waals surface area contributed by atoms with Crippen LogP contribution in [0.2, 0.25) is 0 Å². The second-order valence-corrected chi connectivity index (χ2v) is 7.97. The van der Waals surface area contributed by atoms with Crippen molar-refractivity contribution >= 4 is 29.7 Å². The average molecular weight is 413 g/mol. The first-order valence-electron chi connectivity index (χ1n) is 10.1. The molecule has 0 bridgehead atoms. The molecule has 158 valence electrons. The molecule has 0 aromatic heterocycles. The summed E-state index contributed by atoms with van der Waals surface area (Å²) in [5.41, 5.74) is -0.296. The molecule has 1 spiro atoms. The topological polar surface area (TPSA) is 113 Å². The van der Waals surface area contributed by atoms with E-state index in [1.54, 1.807) is 24.3 Å². The molecule has 1 saturated heterocycles. The second kappa shape index (κ2) is 7.55. The smallest absolute Gasteiger partial charge is 0.326 e. The summed E-state index contributed by atoms with van der Waals surface area (Å²) in [6.45, 7) is 1.12. The van der Waals surface area contributed by atoms with Gasteiger partial charge in [0.25, 0.3) is 17.7 Å². The van der Waals surface area contributed by atoms with Crippen LogP contribution < -0.4 is 5.32 Å². The van der Waals surface area contributed by atoms with Crippen molar-refractivity contribution in [1.82, 2.24) is 15.1 Å². The number of nitrogens with one attached hydrogen (secondary N) is 1. The molecule has 1 saturated carbocycles. The number of hydrogen-bond acceptors (Lipinski definition) is 6. The fourth-order valence-corrected chi connectivity index (χ4v) is 4.51. The zero-order valence-corrected chi connectivity index (χ0v) is 16.7. The van der Waals surface area contributed by atoms with Crippen molar-refractivity contribution in [3.63, 3.8) is 0 Å². The number of carbonyl (C=O) groups excluding carboxylic acids is 5. The summed E-state index contributed by atoms with van der Waals surface area (Å²) in [6.07, 6.45) is 3.25. The monoisotopic (exact) mass is 413 g/mol. The minimum absolute atomic E-state index is 0.00227. The molecule has 1 N–H and O–H groups in total. The van der Waals surface area contributed by atoms with Gasteiger partial charge in [0.05, 0.1) is 17.7 Å². The number of fused-ring (bicyclic) bond motifs is 1. The Balaban J connectivity index is 1.32. The van der Waals surface area contributed by atoms with Crippen LogP contribution >= 0.6 is 0 Å². The van der Waals surface area contributed by atoms with Crippen LogP contribution in [-0.2, 0) is 14.3 Å². The highest BCUT2D eigenvalue weighted by atomic mass is 16.5. The number of benzene rings is 1. The van der Waals surface area contributed by atoms with Crippen LogP contribution in [0.15, 0.2) is 24.3 Å². The first kappa shape index (κ1) is 20.1. The molecule has 2 fully saturated rings. The standard InChI is InChI=1S/C21H23N3O6/c1-13-6-4-5-9-21(13)19(28)24(20(29)22-21)12-16(25)30-11-10-23-17(26)14-7-2-3-8-15(14)18(23)27/h2-3,7-8,13H,4-6,9-12H2,1H3,(H,22,29)/t13-,21+/m1/s1. The number of rotatable bonds is 5. The van der Waals surface area contributed by atoms with Gasteiger partial charge in [-0.15, -0.1) is 0 Å². The van der Waals surface area contributed by atoms with E-state index in [0.717, 1.165) is 29.1 Å². The maximum atomic E-state index is 12.9. The van der Waals surface area contributed by atoms with Gasteiger partial charge in [0.2, 0.25) is 0 Å². The first-order chi connectivity index (χ1) is 14.3. The van der Waals surface area contributed by atoms with Gasteiger partial charge in [-0.1, -0.05) is 31.9 Å². The van der Waals surface area contributed by atoms with E-state index >= 15 is 0 Å². The predicted molar refractivity (Wildman–Crippen MR) is 103 cm³/mol. The highest BCUT2D eigenvalue weighted by Gasteiger charge is 2.55. The van der Waals surface area contributed by atoms with Gasteiger partial charge in [-0.2, -0.15) is 0 Å². The van der Waals surface area contributed by atoms with Crippen molar-refractivity contribution in [1.29, 1.82) is 0 Å². The number of nitrogens with zero attached hydrogens (tertiary/aromatic N) is 2. The molecule has 2 heterocycles. The van der Waals surface area contributed by atoms with Crippen LogP contribution in [0, 0.1) is 5.92 Å². The maximum Gasteiger partial charge on any atom is 0.326 e. The quantitative estimate of drug-likeness (QED) is 0.443. The lowest BCUT2D eigenvalue weighted by Crippen LogP contribution is -2.54. The molecule has 5 amide bonds. The molecule has 30 heavy (non-hydrogen) atoms. The highest BCUT2D eigenvalue weighted by molar-refractivity contribution is 6.21. The molecule has 2 atom stereocenters. The van der Waals surface area contributed by atoms with Gasteiger partial charge >= 0.3 is 12.0 Å². The minimum atomic E-state index is -0.935. The molecule has 9 heteroatoms.